The molecule has 9 nitrogen and oxygen atoms in total. The smallest absolute Gasteiger partial charge is 0.305 e. The number of aryl methyl sites for hydroxylation is 1. The van der Waals surface area contributed by atoms with Gasteiger partial charge < -0.3 is 5.11 Å². The quantitative estimate of drug-likeness (QED) is 0.622. The number of carboxylic acid groups (broad SMARTS) is 1. The van der Waals surface area contributed by atoms with E-state index in [1.54, 1.807) is 0 Å². The molecular formula is C10H9N5O4. The topological polar surface area (TPSA) is 124 Å². The standard InChI is InChI=1S/C10H9N5O4/c16-9(17)5-6-14-10(11-12-13-14)7-1-3-8(4-2-7)15(18)19/h1-4H,5-6H2,(H,16,17). The first kappa shape index (κ1) is 12.6. The van der Waals surface area contributed by atoms with Crippen LogP contribution in [0.3, 0.4) is 0 Å². The van der Waals surface area contributed by atoms with Crippen molar-refractivity contribution >= 4 is 11.7 Å². The lowest BCUT2D eigenvalue weighted by Gasteiger charge is -2.02. The molecule has 1 aromatic heterocycles. The van der Waals surface area contributed by atoms with Gasteiger partial charge in [0.05, 0.1) is 17.9 Å². The Balaban J connectivity index is 2.24. The van der Waals surface area contributed by atoms with E-state index in [-0.39, 0.29) is 18.7 Å². The molecule has 0 spiro atoms. The summed E-state index contributed by atoms with van der Waals surface area (Å²) in [7, 11) is 0. The SMILES string of the molecule is O=C(O)CCn1nnnc1-c1ccc([N+](=O)[O-])cc1. The number of carbonyl (C=O) groups is 1. The molecule has 0 bridgehead atoms. The van der Waals surface area contributed by atoms with Gasteiger partial charge in [0.1, 0.15) is 0 Å². The first-order valence-corrected chi connectivity index (χ1v) is 5.30. The predicted octanol–water partition coefficient (Wildman–Crippen LogP) is 0.723. The van der Waals surface area contributed by atoms with Gasteiger partial charge in [-0.05, 0) is 22.6 Å². The van der Waals surface area contributed by atoms with Gasteiger partial charge in [0.25, 0.3) is 5.69 Å². The second-order valence-corrected chi connectivity index (χ2v) is 3.67. The van der Waals surface area contributed by atoms with Crippen LogP contribution in [0.1, 0.15) is 6.42 Å². The number of nitro benzene ring substituents is 1. The molecule has 1 N–H and O–H groups in total. The van der Waals surface area contributed by atoms with Gasteiger partial charge in [0, 0.05) is 17.7 Å². The molecule has 9 heteroatoms. The van der Waals surface area contributed by atoms with E-state index >= 15 is 0 Å². The minimum absolute atomic E-state index is 0.0340. The number of aliphatic carboxylic acids is 1. The lowest BCUT2D eigenvalue weighted by Crippen LogP contribution is -2.07. The summed E-state index contributed by atoms with van der Waals surface area (Å²) in [6.45, 7) is 0.134. The number of nitrogens with zero attached hydrogens (tertiary/aromatic N) is 5. The normalized spacial score (nSPS) is 10.3. The number of aromatic nitrogens is 4. The van der Waals surface area contributed by atoms with Crippen LogP contribution in [0.25, 0.3) is 11.4 Å². The Hall–Kier alpha value is -2.84. The highest BCUT2D eigenvalue weighted by molar-refractivity contribution is 5.66. The Labute approximate surface area is 106 Å². The molecule has 0 saturated carbocycles. The number of tetrazole rings is 1. The van der Waals surface area contributed by atoms with E-state index in [0.29, 0.717) is 11.4 Å². The molecule has 0 saturated heterocycles. The van der Waals surface area contributed by atoms with Gasteiger partial charge in [-0.15, -0.1) is 5.10 Å². The van der Waals surface area contributed by atoms with E-state index in [2.05, 4.69) is 15.5 Å². The average Bonchev–Trinajstić information content (AvgIpc) is 2.84. The van der Waals surface area contributed by atoms with Crippen LogP contribution in [0, 0.1) is 10.1 Å². The summed E-state index contributed by atoms with van der Waals surface area (Å²) in [6.07, 6.45) is -0.106. The average molecular weight is 263 g/mol. The van der Waals surface area contributed by atoms with Crippen molar-refractivity contribution in [2.24, 2.45) is 0 Å². The van der Waals surface area contributed by atoms with E-state index in [1.807, 2.05) is 0 Å². The molecule has 0 aliphatic carbocycles. The molecule has 0 aliphatic heterocycles. The lowest BCUT2D eigenvalue weighted by atomic mass is 10.2. The summed E-state index contributed by atoms with van der Waals surface area (Å²) in [5.41, 5.74) is 0.550. The monoisotopic (exact) mass is 263 g/mol. The minimum atomic E-state index is -0.954. The fourth-order valence-electron chi connectivity index (χ4n) is 1.50. The largest absolute Gasteiger partial charge is 0.481 e. The number of hydrogen-bond acceptors (Lipinski definition) is 6. The molecule has 2 rings (SSSR count). The molecule has 19 heavy (non-hydrogen) atoms. The van der Waals surface area contributed by atoms with Crippen molar-refractivity contribution in [3.05, 3.63) is 34.4 Å². The molecule has 0 fully saturated rings. The maximum Gasteiger partial charge on any atom is 0.305 e. The molecule has 98 valence electrons. The molecule has 1 aromatic carbocycles. The van der Waals surface area contributed by atoms with Crippen LogP contribution in [-0.2, 0) is 11.3 Å². The van der Waals surface area contributed by atoms with Crippen molar-refractivity contribution in [3.63, 3.8) is 0 Å². The lowest BCUT2D eigenvalue weighted by molar-refractivity contribution is -0.384. The molecule has 0 aliphatic rings. The second-order valence-electron chi connectivity index (χ2n) is 3.67. The van der Waals surface area contributed by atoms with E-state index in [0.717, 1.165) is 0 Å². The van der Waals surface area contributed by atoms with E-state index < -0.39 is 10.9 Å². The van der Waals surface area contributed by atoms with Crippen LogP contribution in [0.15, 0.2) is 24.3 Å². The predicted molar refractivity (Wildman–Crippen MR) is 62.2 cm³/mol. The first-order valence-electron chi connectivity index (χ1n) is 5.30. The van der Waals surface area contributed by atoms with Gasteiger partial charge in [0.15, 0.2) is 5.82 Å². The van der Waals surface area contributed by atoms with Crippen LogP contribution < -0.4 is 0 Å². The molecule has 0 unspecified atom stereocenters. The van der Waals surface area contributed by atoms with E-state index in [4.69, 9.17) is 5.11 Å². The Kier molecular flexibility index (Phi) is 3.46. The van der Waals surface area contributed by atoms with Crippen LogP contribution in [0.5, 0.6) is 0 Å². The van der Waals surface area contributed by atoms with Crippen LogP contribution in [0.4, 0.5) is 5.69 Å². The Morgan fingerprint density at radius 2 is 2.05 bits per heavy atom. The number of rotatable bonds is 5. The van der Waals surface area contributed by atoms with Gasteiger partial charge in [-0.3, -0.25) is 14.9 Å². The highest BCUT2D eigenvalue weighted by Gasteiger charge is 2.12. The van der Waals surface area contributed by atoms with Gasteiger partial charge in [0.2, 0.25) is 0 Å². The summed E-state index contributed by atoms with van der Waals surface area (Å²) in [5, 5.41) is 30.1. The van der Waals surface area contributed by atoms with E-state index in [1.165, 1.54) is 28.9 Å². The summed E-state index contributed by atoms with van der Waals surface area (Å²) < 4.78 is 1.34. The zero-order chi connectivity index (χ0) is 13.8. The van der Waals surface area contributed by atoms with Gasteiger partial charge in [-0.25, -0.2) is 4.68 Å². The highest BCUT2D eigenvalue weighted by Crippen LogP contribution is 2.19. The number of benzene rings is 1. The summed E-state index contributed by atoms with van der Waals surface area (Å²) in [6, 6.07) is 5.71. The molecule has 0 atom stereocenters. The maximum atomic E-state index is 10.5. The van der Waals surface area contributed by atoms with Crippen molar-refractivity contribution in [2.75, 3.05) is 0 Å². The Morgan fingerprint density at radius 1 is 1.37 bits per heavy atom. The Morgan fingerprint density at radius 3 is 2.63 bits per heavy atom. The minimum Gasteiger partial charge on any atom is -0.481 e. The number of non-ortho nitro benzene ring substituents is 1. The van der Waals surface area contributed by atoms with Crippen LogP contribution in [-0.4, -0.2) is 36.2 Å². The third kappa shape index (κ3) is 2.89. The number of hydrogen-bond donors (Lipinski definition) is 1. The zero-order valence-electron chi connectivity index (χ0n) is 9.63. The molecule has 1 heterocycles. The fourth-order valence-corrected chi connectivity index (χ4v) is 1.50. The summed E-state index contributed by atoms with van der Waals surface area (Å²) >= 11 is 0. The zero-order valence-corrected chi connectivity index (χ0v) is 9.63. The molecule has 2 aromatic rings. The number of nitro groups is 1. The van der Waals surface area contributed by atoms with Crippen LogP contribution >= 0.6 is 0 Å². The van der Waals surface area contributed by atoms with E-state index in [9.17, 15) is 14.9 Å². The highest BCUT2D eigenvalue weighted by atomic mass is 16.6. The second kappa shape index (κ2) is 5.21. The van der Waals surface area contributed by atoms with Crippen molar-refractivity contribution in [2.45, 2.75) is 13.0 Å². The summed E-state index contributed by atoms with van der Waals surface area (Å²) in [4.78, 5) is 20.5. The third-order valence-corrected chi connectivity index (χ3v) is 2.41. The summed E-state index contributed by atoms with van der Waals surface area (Å²) in [5.74, 6) is -0.582. The molecule has 0 radical (unpaired) electrons. The molecular weight excluding hydrogens is 254 g/mol. The van der Waals surface area contributed by atoms with Crippen LogP contribution in [0.2, 0.25) is 0 Å². The molecule has 0 amide bonds. The van der Waals surface area contributed by atoms with Crippen molar-refractivity contribution in [1.29, 1.82) is 0 Å². The van der Waals surface area contributed by atoms with Gasteiger partial charge >= 0.3 is 5.97 Å². The fraction of sp³-hybridized carbons (Fsp3) is 0.200. The first-order chi connectivity index (χ1) is 9.08. The van der Waals surface area contributed by atoms with Gasteiger partial charge in [-0.2, -0.15) is 0 Å². The Bertz CT molecular complexity index is 607. The number of carboxylic acids is 1. The van der Waals surface area contributed by atoms with Gasteiger partial charge in [-0.1, -0.05) is 0 Å². The third-order valence-electron chi connectivity index (χ3n) is 2.41. The maximum absolute atomic E-state index is 10.5. The van der Waals surface area contributed by atoms with Crippen molar-refractivity contribution in [1.82, 2.24) is 20.2 Å². The van der Waals surface area contributed by atoms with Crippen molar-refractivity contribution < 1.29 is 14.8 Å². The van der Waals surface area contributed by atoms with Crippen molar-refractivity contribution in [3.8, 4) is 11.4 Å².